The topological polar surface area (TPSA) is 64.4 Å². The molecule has 1 aromatic rings. The highest BCUT2D eigenvalue weighted by molar-refractivity contribution is 7.89. The largest absolute Gasteiger partial charge is 0.305 e. The van der Waals surface area contributed by atoms with Crippen molar-refractivity contribution in [2.24, 2.45) is 5.92 Å². The highest BCUT2D eigenvalue weighted by Gasteiger charge is 2.37. The van der Waals surface area contributed by atoms with E-state index in [1.54, 1.807) is 28.6 Å². The second-order valence-electron chi connectivity index (χ2n) is 5.81. The summed E-state index contributed by atoms with van der Waals surface area (Å²) in [7, 11) is 0.514. The number of nitrogens with zero attached hydrogens (tertiary/aromatic N) is 3. The molecule has 1 saturated heterocycles. The van der Waals surface area contributed by atoms with Gasteiger partial charge in [-0.3, -0.25) is 0 Å². The van der Waals surface area contributed by atoms with E-state index in [0.29, 0.717) is 30.3 Å². The molecule has 6 heteroatoms. The van der Waals surface area contributed by atoms with Crippen LogP contribution in [0.5, 0.6) is 0 Å². The Hall–Kier alpha value is -1.42. The summed E-state index contributed by atoms with van der Waals surface area (Å²) in [6.07, 6.45) is 0.295. The Labute approximate surface area is 126 Å². The van der Waals surface area contributed by atoms with E-state index in [2.05, 4.69) is 17.9 Å². The van der Waals surface area contributed by atoms with Crippen molar-refractivity contribution in [1.82, 2.24) is 9.21 Å². The minimum Gasteiger partial charge on any atom is -0.305 e. The number of hydrogen-bond acceptors (Lipinski definition) is 4. The van der Waals surface area contributed by atoms with Gasteiger partial charge < -0.3 is 4.90 Å². The Morgan fingerprint density at radius 1 is 1.29 bits per heavy atom. The van der Waals surface area contributed by atoms with Crippen LogP contribution in [-0.4, -0.2) is 50.8 Å². The standard InChI is InChI=1S/C15H21N3O2S/c1-12-10-18(11-15(12)17(2)3)21(19,20)14-6-4-13(5-7-14)8-9-16/h4-7,12,15H,8,10-11H2,1-3H3. The van der Waals surface area contributed by atoms with E-state index in [1.165, 1.54) is 0 Å². The maximum absolute atomic E-state index is 12.7. The first-order valence-electron chi connectivity index (χ1n) is 6.98. The lowest BCUT2D eigenvalue weighted by atomic mass is 10.1. The van der Waals surface area contributed by atoms with Crippen LogP contribution in [0, 0.1) is 17.2 Å². The van der Waals surface area contributed by atoms with Gasteiger partial charge in [0.25, 0.3) is 0 Å². The molecule has 2 unspecified atom stereocenters. The van der Waals surface area contributed by atoms with Crippen LogP contribution in [-0.2, 0) is 16.4 Å². The van der Waals surface area contributed by atoms with Crippen LogP contribution < -0.4 is 0 Å². The third kappa shape index (κ3) is 3.26. The van der Waals surface area contributed by atoms with Gasteiger partial charge in [-0.15, -0.1) is 0 Å². The fourth-order valence-corrected chi connectivity index (χ4v) is 4.35. The molecule has 1 aromatic carbocycles. The summed E-state index contributed by atoms with van der Waals surface area (Å²) in [5.41, 5.74) is 0.831. The highest BCUT2D eigenvalue weighted by atomic mass is 32.2. The average molecular weight is 307 g/mol. The molecular formula is C15H21N3O2S. The maximum atomic E-state index is 12.7. The number of rotatable bonds is 4. The predicted octanol–water partition coefficient (Wildman–Crippen LogP) is 1.32. The molecule has 1 fully saturated rings. The van der Waals surface area contributed by atoms with Gasteiger partial charge >= 0.3 is 0 Å². The third-order valence-corrected chi connectivity index (χ3v) is 5.89. The summed E-state index contributed by atoms with van der Waals surface area (Å²) in [4.78, 5) is 2.38. The first kappa shape index (κ1) is 16.0. The van der Waals surface area contributed by atoms with Crippen molar-refractivity contribution >= 4 is 10.0 Å². The molecule has 21 heavy (non-hydrogen) atoms. The van der Waals surface area contributed by atoms with Gasteiger partial charge in [-0.2, -0.15) is 9.57 Å². The molecule has 0 bridgehead atoms. The third-order valence-electron chi connectivity index (χ3n) is 4.05. The molecule has 114 valence electrons. The molecule has 1 aliphatic rings. The minimum absolute atomic E-state index is 0.248. The van der Waals surface area contributed by atoms with Crippen LogP contribution in [0.1, 0.15) is 12.5 Å². The zero-order valence-corrected chi connectivity index (χ0v) is 13.5. The summed E-state index contributed by atoms with van der Waals surface area (Å²) < 4.78 is 26.9. The number of likely N-dealkylation sites (N-methyl/N-ethyl adjacent to an activating group) is 1. The van der Waals surface area contributed by atoms with E-state index in [9.17, 15) is 8.42 Å². The van der Waals surface area contributed by atoms with Crippen molar-refractivity contribution in [2.75, 3.05) is 27.2 Å². The Bertz CT molecular complexity index is 632. The van der Waals surface area contributed by atoms with Crippen molar-refractivity contribution in [3.63, 3.8) is 0 Å². The Morgan fingerprint density at radius 3 is 2.38 bits per heavy atom. The first-order chi connectivity index (χ1) is 9.86. The van der Waals surface area contributed by atoms with Gasteiger partial charge in [0, 0.05) is 19.1 Å². The van der Waals surface area contributed by atoms with E-state index >= 15 is 0 Å². The first-order valence-corrected chi connectivity index (χ1v) is 8.42. The second kappa shape index (κ2) is 6.14. The zero-order valence-electron chi connectivity index (χ0n) is 12.7. The molecule has 0 N–H and O–H groups in total. The van der Waals surface area contributed by atoms with E-state index in [-0.39, 0.29) is 6.04 Å². The fraction of sp³-hybridized carbons (Fsp3) is 0.533. The lowest BCUT2D eigenvalue weighted by molar-refractivity contribution is 0.263. The molecule has 0 aromatic heterocycles. The van der Waals surface area contributed by atoms with Crippen molar-refractivity contribution < 1.29 is 8.42 Å². The van der Waals surface area contributed by atoms with Crippen molar-refractivity contribution in [2.45, 2.75) is 24.3 Å². The molecule has 0 amide bonds. The van der Waals surface area contributed by atoms with E-state index in [4.69, 9.17) is 5.26 Å². The molecule has 0 spiro atoms. The molecular weight excluding hydrogens is 286 g/mol. The van der Waals surface area contributed by atoms with E-state index in [1.807, 2.05) is 14.1 Å². The molecule has 2 atom stereocenters. The summed E-state index contributed by atoms with van der Waals surface area (Å²) in [6, 6.07) is 8.90. The maximum Gasteiger partial charge on any atom is 0.243 e. The fourth-order valence-electron chi connectivity index (χ4n) is 2.79. The van der Waals surface area contributed by atoms with E-state index < -0.39 is 10.0 Å². The second-order valence-corrected chi connectivity index (χ2v) is 7.75. The Morgan fingerprint density at radius 2 is 1.90 bits per heavy atom. The van der Waals surface area contributed by atoms with Gasteiger partial charge in [0.1, 0.15) is 0 Å². The molecule has 2 rings (SSSR count). The van der Waals surface area contributed by atoms with Crippen LogP contribution in [0.15, 0.2) is 29.2 Å². The average Bonchev–Trinajstić information content (AvgIpc) is 2.83. The number of benzene rings is 1. The Kier molecular flexibility index (Phi) is 4.67. The molecule has 0 aliphatic carbocycles. The molecule has 0 radical (unpaired) electrons. The van der Waals surface area contributed by atoms with Crippen LogP contribution in [0.25, 0.3) is 0 Å². The highest BCUT2D eigenvalue weighted by Crippen LogP contribution is 2.26. The molecule has 1 aliphatic heterocycles. The molecule has 0 saturated carbocycles. The van der Waals surface area contributed by atoms with Gasteiger partial charge in [-0.25, -0.2) is 8.42 Å². The number of hydrogen-bond donors (Lipinski definition) is 0. The minimum atomic E-state index is -3.45. The summed E-state index contributed by atoms with van der Waals surface area (Å²) in [5.74, 6) is 0.313. The smallest absolute Gasteiger partial charge is 0.243 e. The van der Waals surface area contributed by atoms with E-state index in [0.717, 1.165) is 5.56 Å². The van der Waals surface area contributed by atoms with Crippen LogP contribution in [0.3, 0.4) is 0 Å². The Balaban J connectivity index is 2.21. The summed E-state index contributed by atoms with van der Waals surface area (Å²) in [6.45, 7) is 3.15. The molecule has 1 heterocycles. The monoisotopic (exact) mass is 307 g/mol. The number of nitriles is 1. The zero-order chi connectivity index (χ0) is 15.6. The van der Waals surface area contributed by atoms with Gasteiger partial charge in [-0.05, 0) is 37.7 Å². The number of sulfonamides is 1. The predicted molar refractivity (Wildman–Crippen MR) is 81.2 cm³/mol. The van der Waals surface area contributed by atoms with Gasteiger partial charge in [0.05, 0.1) is 17.4 Å². The molecule has 5 nitrogen and oxygen atoms in total. The van der Waals surface area contributed by atoms with Gasteiger partial charge in [-0.1, -0.05) is 19.1 Å². The summed E-state index contributed by atoms with van der Waals surface area (Å²) >= 11 is 0. The lowest BCUT2D eigenvalue weighted by Crippen LogP contribution is -2.35. The van der Waals surface area contributed by atoms with Crippen molar-refractivity contribution in [3.8, 4) is 6.07 Å². The van der Waals surface area contributed by atoms with Crippen molar-refractivity contribution in [1.29, 1.82) is 5.26 Å². The normalized spacial score (nSPS) is 23.4. The van der Waals surface area contributed by atoms with Crippen LogP contribution >= 0.6 is 0 Å². The van der Waals surface area contributed by atoms with Gasteiger partial charge in [0.2, 0.25) is 10.0 Å². The summed E-state index contributed by atoms with van der Waals surface area (Å²) in [5, 5.41) is 8.65. The lowest BCUT2D eigenvalue weighted by Gasteiger charge is -2.22. The van der Waals surface area contributed by atoms with Crippen molar-refractivity contribution in [3.05, 3.63) is 29.8 Å². The quantitative estimate of drug-likeness (QED) is 0.841. The SMILES string of the molecule is CC1CN(S(=O)(=O)c2ccc(CC#N)cc2)CC1N(C)C. The van der Waals surface area contributed by atoms with Crippen LogP contribution in [0.2, 0.25) is 0 Å². The van der Waals surface area contributed by atoms with Crippen LogP contribution in [0.4, 0.5) is 0 Å². The van der Waals surface area contributed by atoms with Gasteiger partial charge in [0.15, 0.2) is 0 Å².